The van der Waals surface area contributed by atoms with E-state index in [0.29, 0.717) is 19.4 Å². The Hall–Kier alpha value is -1.30. The molecule has 1 fully saturated rings. The van der Waals surface area contributed by atoms with Gasteiger partial charge in [-0.1, -0.05) is 6.92 Å². The number of rotatable bonds is 6. The van der Waals surface area contributed by atoms with E-state index in [1.807, 2.05) is 14.0 Å². The molecule has 0 aromatic carbocycles. The van der Waals surface area contributed by atoms with E-state index in [1.165, 1.54) is 0 Å². The van der Waals surface area contributed by atoms with Gasteiger partial charge in [-0.15, -0.1) is 0 Å². The molecule has 98 valence electrons. The lowest BCUT2D eigenvalue weighted by Crippen LogP contribution is -2.61. The Bertz CT molecular complexity index is 290. The first-order chi connectivity index (χ1) is 8.00. The molecule has 0 radical (unpaired) electrons. The topological polar surface area (TPSA) is 81.7 Å². The molecule has 1 aliphatic rings. The number of carboxylic acid groups (broad SMARTS) is 1. The largest absolute Gasteiger partial charge is 0.480 e. The quantitative estimate of drug-likeness (QED) is 0.624. The van der Waals surface area contributed by atoms with Gasteiger partial charge in [-0.3, -0.25) is 0 Å². The highest BCUT2D eigenvalue weighted by atomic mass is 16.4. The van der Waals surface area contributed by atoms with Gasteiger partial charge in [0.25, 0.3) is 0 Å². The maximum absolute atomic E-state index is 11.5. The van der Waals surface area contributed by atoms with E-state index in [9.17, 15) is 9.59 Å². The number of urea groups is 1. The lowest BCUT2D eigenvalue weighted by atomic mass is 9.77. The van der Waals surface area contributed by atoms with Gasteiger partial charge in [0.1, 0.15) is 5.54 Å². The summed E-state index contributed by atoms with van der Waals surface area (Å²) in [4.78, 5) is 24.6. The first-order valence-corrected chi connectivity index (χ1v) is 5.98. The molecule has 0 aromatic heterocycles. The molecule has 0 aromatic rings. The van der Waals surface area contributed by atoms with Crippen LogP contribution in [0.4, 0.5) is 4.79 Å². The van der Waals surface area contributed by atoms with Crippen molar-refractivity contribution in [3.05, 3.63) is 0 Å². The minimum atomic E-state index is -1.03. The maximum Gasteiger partial charge on any atom is 0.329 e. The Kier molecular flexibility index (Phi) is 4.74. The minimum Gasteiger partial charge on any atom is -0.480 e. The highest BCUT2D eigenvalue weighted by Gasteiger charge is 2.45. The van der Waals surface area contributed by atoms with Crippen molar-refractivity contribution in [3.8, 4) is 0 Å². The van der Waals surface area contributed by atoms with Crippen molar-refractivity contribution >= 4 is 12.0 Å². The van der Waals surface area contributed by atoms with Gasteiger partial charge >= 0.3 is 12.0 Å². The van der Waals surface area contributed by atoms with Crippen molar-refractivity contribution in [3.63, 3.8) is 0 Å². The van der Waals surface area contributed by atoms with Crippen molar-refractivity contribution in [2.45, 2.75) is 31.7 Å². The summed E-state index contributed by atoms with van der Waals surface area (Å²) in [6.07, 6.45) is 1.89. The minimum absolute atomic E-state index is 0.392. The molecule has 1 rings (SSSR count). The second kappa shape index (κ2) is 5.86. The van der Waals surface area contributed by atoms with Gasteiger partial charge in [-0.25, -0.2) is 9.59 Å². The molecule has 0 saturated heterocycles. The fraction of sp³-hybridized carbons (Fsp3) is 0.818. The lowest BCUT2D eigenvalue weighted by Gasteiger charge is -2.38. The summed E-state index contributed by atoms with van der Waals surface area (Å²) >= 11 is 0. The molecule has 0 atom stereocenters. The summed E-state index contributed by atoms with van der Waals surface area (Å²) in [6.45, 7) is 4.23. The van der Waals surface area contributed by atoms with Gasteiger partial charge in [0.2, 0.25) is 0 Å². The van der Waals surface area contributed by atoms with Crippen LogP contribution in [-0.4, -0.2) is 54.2 Å². The fourth-order valence-electron chi connectivity index (χ4n) is 1.70. The molecule has 6 heteroatoms. The van der Waals surface area contributed by atoms with Crippen LogP contribution in [0.25, 0.3) is 0 Å². The van der Waals surface area contributed by atoms with Crippen LogP contribution in [0.1, 0.15) is 26.2 Å². The van der Waals surface area contributed by atoms with E-state index < -0.39 is 17.5 Å². The number of carboxylic acids is 1. The van der Waals surface area contributed by atoms with Gasteiger partial charge in [-0.05, 0) is 32.9 Å². The Balaban J connectivity index is 2.27. The van der Waals surface area contributed by atoms with Crippen LogP contribution in [0, 0.1) is 0 Å². The van der Waals surface area contributed by atoms with E-state index in [1.54, 1.807) is 0 Å². The van der Waals surface area contributed by atoms with Crippen molar-refractivity contribution in [1.29, 1.82) is 0 Å². The number of carbonyl (C=O) groups is 2. The molecule has 1 saturated carbocycles. The zero-order valence-electron chi connectivity index (χ0n) is 10.5. The molecule has 17 heavy (non-hydrogen) atoms. The lowest BCUT2D eigenvalue weighted by molar-refractivity contribution is -0.148. The average Bonchev–Trinajstić information content (AvgIpc) is 2.22. The maximum atomic E-state index is 11.5. The van der Waals surface area contributed by atoms with E-state index >= 15 is 0 Å². The Morgan fingerprint density at radius 1 is 1.41 bits per heavy atom. The van der Waals surface area contributed by atoms with Crippen LogP contribution in [-0.2, 0) is 4.79 Å². The molecule has 0 spiro atoms. The molecule has 0 unspecified atom stereocenters. The van der Waals surface area contributed by atoms with Gasteiger partial charge in [0, 0.05) is 13.1 Å². The first kappa shape index (κ1) is 13.8. The second-order valence-electron chi connectivity index (χ2n) is 4.52. The molecule has 3 N–H and O–H groups in total. The van der Waals surface area contributed by atoms with Crippen LogP contribution in [0.5, 0.6) is 0 Å². The van der Waals surface area contributed by atoms with Crippen LogP contribution in [0.2, 0.25) is 0 Å². The predicted octanol–water partition coefficient (Wildman–Crippen LogP) is 0.245. The molecule has 0 bridgehead atoms. The van der Waals surface area contributed by atoms with Gasteiger partial charge in [0.15, 0.2) is 0 Å². The van der Waals surface area contributed by atoms with Crippen molar-refractivity contribution in [1.82, 2.24) is 15.5 Å². The smallest absolute Gasteiger partial charge is 0.329 e. The van der Waals surface area contributed by atoms with Gasteiger partial charge < -0.3 is 20.6 Å². The highest BCUT2D eigenvalue weighted by molar-refractivity contribution is 5.87. The SMILES string of the molecule is CCN(C)CCNC(=O)NC1(C(=O)O)CCC1. The fourth-order valence-corrected chi connectivity index (χ4v) is 1.70. The predicted molar refractivity (Wildman–Crippen MR) is 63.9 cm³/mol. The Morgan fingerprint density at radius 2 is 2.06 bits per heavy atom. The third-order valence-electron chi connectivity index (χ3n) is 3.29. The molecule has 6 nitrogen and oxygen atoms in total. The number of hydrogen-bond acceptors (Lipinski definition) is 3. The zero-order valence-corrected chi connectivity index (χ0v) is 10.5. The van der Waals surface area contributed by atoms with Crippen molar-refractivity contribution in [2.24, 2.45) is 0 Å². The summed E-state index contributed by atoms with van der Waals surface area (Å²) in [5.74, 6) is -0.940. The number of aliphatic carboxylic acids is 1. The molecular weight excluding hydrogens is 222 g/mol. The zero-order chi connectivity index (χ0) is 12.9. The Morgan fingerprint density at radius 3 is 2.47 bits per heavy atom. The van der Waals surface area contributed by atoms with E-state index in [4.69, 9.17) is 5.11 Å². The van der Waals surface area contributed by atoms with Gasteiger partial charge in [-0.2, -0.15) is 0 Å². The van der Waals surface area contributed by atoms with E-state index in [0.717, 1.165) is 19.5 Å². The van der Waals surface area contributed by atoms with E-state index in [-0.39, 0.29) is 0 Å². The van der Waals surface area contributed by atoms with Crippen LogP contribution >= 0.6 is 0 Å². The van der Waals surface area contributed by atoms with Crippen LogP contribution in [0.3, 0.4) is 0 Å². The number of nitrogens with zero attached hydrogens (tertiary/aromatic N) is 1. The molecular formula is C11H21N3O3. The summed E-state index contributed by atoms with van der Waals surface area (Å²) in [5.41, 5.74) is -1.03. The molecule has 0 heterocycles. The van der Waals surface area contributed by atoms with Gasteiger partial charge in [0.05, 0.1) is 0 Å². The molecule has 2 amide bonds. The monoisotopic (exact) mass is 243 g/mol. The first-order valence-electron chi connectivity index (χ1n) is 5.98. The third-order valence-corrected chi connectivity index (χ3v) is 3.29. The number of carbonyl (C=O) groups excluding carboxylic acids is 1. The number of nitrogens with one attached hydrogen (secondary N) is 2. The number of amides is 2. The average molecular weight is 243 g/mol. The van der Waals surface area contributed by atoms with Crippen molar-refractivity contribution in [2.75, 3.05) is 26.7 Å². The third kappa shape index (κ3) is 3.59. The summed E-state index contributed by atoms with van der Waals surface area (Å²) in [5, 5.41) is 14.3. The number of hydrogen-bond donors (Lipinski definition) is 3. The normalized spacial score (nSPS) is 17.4. The molecule has 1 aliphatic carbocycles. The Labute approximate surface area is 101 Å². The highest BCUT2D eigenvalue weighted by Crippen LogP contribution is 2.31. The second-order valence-corrected chi connectivity index (χ2v) is 4.52. The van der Waals surface area contributed by atoms with E-state index in [2.05, 4.69) is 15.5 Å². The van der Waals surface area contributed by atoms with Crippen LogP contribution < -0.4 is 10.6 Å². The van der Waals surface area contributed by atoms with Crippen LogP contribution in [0.15, 0.2) is 0 Å². The summed E-state index contributed by atoms with van der Waals surface area (Å²) < 4.78 is 0. The summed E-state index contributed by atoms with van der Waals surface area (Å²) in [7, 11) is 1.96. The standard InChI is InChI=1S/C11H21N3O3/c1-3-14(2)8-7-12-10(17)13-11(9(15)16)5-4-6-11/h3-8H2,1-2H3,(H,15,16)(H2,12,13,17). The van der Waals surface area contributed by atoms with Crippen molar-refractivity contribution < 1.29 is 14.7 Å². The number of likely N-dealkylation sites (N-methyl/N-ethyl adjacent to an activating group) is 1. The molecule has 0 aliphatic heterocycles. The summed E-state index contributed by atoms with van der Waals surface area (Å²) in [6, 6.07) is -0.392.